The Labute approximate surface area is 184 Å². The molecule has 0 saturated carbocycles. The van der Waals surface area contributed by atoms with Crippen LogP contribution >= 0.6 is 12.4 Å². The van der Waals surface area contributed by atoms with Crippen molar-refractivity contribution < 1.29 is 14.2 Å². The lowest BCUT2D eigenvalue weighted by Gasteiger charge is -2.27. The fraction of sp³-hybridized carbons (Fsp3) is 0.200. The highest BCUT2D eigenvalue weighted by Gasteiger charge is 2.16. The van der Waals surface area contributed by atoms with Gasteiger partial charge in [-0.15, -0.1) is 12.4 Å². The molecule has 2 aromatic carbocycles. The second-order valence-corrected chi connectivity index (χ2v) is 6.48. The molecule has 162 valence electrons. The van der Waals surface area contributed by atoms with Crippen LogP contribution in [-0.4, -0.2) is 52.6 Å². The number of halogens is 2. The van der Waals surface area contributed by atoms with Gasteiger partial charge in [-0.3, -0.25) is 0 Å². The van der Waals surface area contributed by atoms with Crippen LogP contribution < -0.4 is 15.6 Å². The molecule has 31 heavy (non-hydrogen) atoms. The van der Waals surface area contributed by atoms with E-state index in [1.54, 1.807) is 42.6 Å². The minimum absolute atomic E-state index is 0. The maximum Gasteiger partial charge on any atom is 0.250 e. The molecule has 0 radical (unpaired) electrons. The van der Waals surface area contributed by atoms with Gasteiger partial charge in [-0.1, -0.05) is 0 Å². The Kier molecular flexibility index (Phi) is 7.52. The zero-order chi connectivity index (χ0) is 20.8. The van der Waals surface area contributed by atoms with Crippen molar-refractivity contribution in [2.75, 3.05) is 41.9 Å². The van der Waals surface area contributed by atoms with E-state index in [1.807, 2.05) is 4.90 Å². The molecule has 11 heteroatoms. The molecule has 3 aromatic rings. The maximum atomic E-state index is 13.2. The number of phenols is 1. The van der Waals surface area contributed by atoms with Gasteiger partial charge in [-0.05, 0) is 54.1 Å². The molecule has 1 aliphatic rings. The number of nitrogens with one attached hydrogen (secondary N) is 2. The third kappa shape index (κ3) is 6.24. The van der Waals surface area contributed by atoms with Crippen molar-refractivity contribution in [3.05, 3.63) is 59.9 Å². The van der Waals surface area contributed by atoms with Crippen LogP contribution in [0.5, 0.6) is 5.75 Å². The lowest BCUT2D eigenvalue weighted by atomic mass is 10.2. The molecule has 2 heterocycles. The van der Waals surface area contributed by atoms with E-state index in [2.05, 4.69) is 30.8 Å². The predicted molar refractivity (Wildman–Crippen MR) is 119 cm³/mol. The molecule has 0 bridgehead atoms. The molecule has 0 spiro atoms. The summed E-state index contributed by atoms with van der Waals surface area (Å²) >= 11 is 0. The first-order valence-corrected chi connectivity index (χ1v) is 9.35. The van der Waals surface area contributed by atoms with E-state index in [4.69, 9.17) is 4.74 Å². The quantitative estimate of drug-likeness (QED) is 0.392. The summed E-state index contributed by atoms with van der Waals surface area (Å²) in [6, 6.07) is 12.5. The van der Waals surface area contributed by atoms with Crippen LogP contribution in [0.3, 0.4) is 0 Å². The van der Waals surface area contributed by atoms with E-state index < -0.39 is 0 Å². The van der Waals surface area contributed by atoms with Gasteiger partial charge in [-0.25, -0.2) is 9.82 Å². The molecule has 1 aromatic heterocycles. The largest absolute Gasteiger partial charge is 0.508 e. The van der Waals surface area contributed by atoms with Crippen molar-refractivity contribution in [1.29, 1.82) is 0 Å². The number of benzene rings is 2. The van der Waals surface area contributed by atoms with Crippen LogP contribution in [0.1, 0.15) is 5.56 Å². The third-order valence-electron chi connectivity index (χ3n) is 4.29. The van der Waals surface area contributed by atoms with Crippen molar-refractivity contribution in [2.24, 2.45) is 5.10 Å². The van der Waals surface area contributed by atoms with Crippen molar-refractivity contribution in [3.63, 3.8) is 0 Å². The smallest absolute Gasteiger partial charge is 0.250 e. The highest BCUT2D eigenvalue weighted by Crippen LogP contribution is 2.19. The van der Waals surface area contributed by atoms with Gasteiger partial charge >= 0.3 is 0 Å². The Morgan fingerprint density at radius 1 is 0.968 bits per heavy atom. The number of hydrazone groups is 1. The van der Waals surface area contributed by atoms with Crippen LogP contribution in [0.25, 0.3) is 0 Å². The summed E-state index contributed by atoms with van der Waals surface area (Å²) in [4.78, 5) is 15.3. The highest BCUT2D eigenvalue weighted by molar-refractivity contribution is 5.85. The molecule has 1 fully saturated rings. The lowest BCUT2D eigenvalue weighted by molar-refractivity contribution is 0.122. The summed E-state index contributed by atoms with van der Waals surface area (Å²) in [5.41, 5.74) is 4.26. The summed E-state index contributed by atoms with van der Waals surface area (Å²) in [7, 11) is 0. The maximum absolute atomic E-state index is 13.2. The molecule has 3 N–H and O–H groups in total. The average Bonchev–Trinajstić information content (AvgIpc) is 2.77. The van der Waals surface area contributed by atoms with Gasteiger partial charge in [0.2, 0.25) is 17.8 Å². The summed E-state index contributed by atoms with van der Waals surface area (Å²) in [5, 5.41) is 16.6. The Morgan fingerprint density at radius 2 is 1.65 bits per heavy atom. The molecule has 1 saturated heterocycles. The van der Waals surface area contributed by atoms with E-state index in [0.717, 1.165) is 5.56 Å². The second-order valence-electron chi connectivity index (χ2n) is 6.48. The Hall–Kier alpha value is -3.50. The first-order chi connectivity index (χ1) is 14.7. The van der Waals surface area contributed by atoms with Crippen LogP contribution in [0.15, 0.2) is 53.6 Å². The molecule has 9 nitrogen and oxygen atoms in total. The number of aromatic hydroxyl groups is 1. The number of hydrogen-bond donors (Lipinski definition) is 3. The molecule has 4 rings (SSSR count). The minimum Gasteiger partial charge on any atom is -0.508 e. The van der Waals surface area contributed by atoms with Gasteiger partial charge in [0, 0.05) is 18.8 Å². The van der Waals surface area contributed by atoms with E-state index in [0.29, 0.717) is 43.9 Å². The van der Waals surface area contributed by atoms with Gasteiger partial charge in [0.05, 0.1) is 19.4 Å². The number of ether oxygens (including phenoxy) is 1. The number of phenolic OH excluding ortho intramolecular Hbond substituents is 1. The Morgan fingerprint density at radius 3 is 2.35 bits per heavy atom. The molecule has 0 unspecified atom stereocenters. The summed E-state index contributed by atoms with van der Waals surface area (Å²) in [6.07, 6.45) is 1.59. The normalized spacial score (nSPS) is 13.6. The summed E-state index contributed by atoms with van der Waals surface area (Å²) in [5.74, 6) is 0.909. The van der Waals surface area contributed by atoms with Gasteiger partial charge < -0.3 is 20.1 Å². The average molecular weight is 446 g/mol. The highest BCUT2D eigenvalue weighted by atomic mass is 35.5. The first kappa shape index (κ1) is 22.2. The van der Waals surface area contributed by atoms with Crippen LogP contribution in [0, 0.1) is 5.82 Å². The van der Waals surface area contributed by atoms with E-state index in [1.165, 1.54) is 12.1 Å². The van der Waals surface area contributed by atoms with Crippen LogP contribution in [-0.2, 0) is 4.74 Å². The fourth-order valence-corrected chi connectivity index (χ4v) is 2.76. The SMILES string of the molecule is Cl.Oc1ccc(C=NNc2nc(Nc3ccc(F)cc3)nc(N3CCOCC3)n2)cc1. The first-order valence-electron chi connectivity index (χ1n) is 9.35. The number of anilines is 4. The molecular weight excluding hydrogens is 425 g/mol. The molecule has 1 aliphatic heterocycles. The van der Waals surface area contributed by atoms with Gasteiger partial charge in [0.15, 0.2) is 0 Å². The van der Waals surface area contributed by atoms with Crippen molar-refractivity contribution in [2.45, 2.75) is 0 Å². The second kappa shape index (κ2) is 10.5. The summed E-state index contributed by atoms with van der Waals surface area (Å²) in [6.45, 7) is 2.51. The molecular formula is C20H21ClFN7O2. The molecule has 0 aliphatic carbocycles. The van der Waals surface area contributed by atoms with Gasteiger partial charge in [-0.2, -0.15) is 20.1 Å². The Bertz CT molecular complexity index is 1010. The van der Waals surface area contributed by atoms with Gasteiger partial charge in [0.25, 0.3) is 0 Å². The fourth-order valence-electron chi connectivity index (χ4n) is 2.76. The zero-order valence-corrected chi connectivity index (χ0v) is 17.2. The predicted octanol–water partition coefficient (Wildman–Crippen LogP) is 3.16. The Balaban J connectivity index is 0.00000272. The van der Waals surface area contributed by atoms with Crippen LogP contribution in [0.2, 0.25) is 0 Å². The number of aromatic nitrogens is 3. The number of morpholine rings is 1. The van der Waals surface area contributed by atoms with Crippen molar-refractivity contribution in [1.82, 2.24) is 15.0 Å². The molecule has 0 amide bonds. The van der Waals surface area contributed by atoms with Crippen molar-refractivity contribution in [3.8, 4) is 5.75 Å². The third-order valence-corrected chi connectivity index (χ3v) is 4.29. The number of nitrogens with zero attached hydrogens (tertiary/aromatic N) is 5. The van der Waals surface area contributed by atoms with E-state index in [-0.39, 0.29) is 29.9 Å². The topological polar surface area (TPSA) is 108 Å². The van der Waals surface area contributed by atoms with E-state index >= 15 is 0 Å². The minimum atomic E-state index is -0.323. The monoisotopic (exact) mass is 445 g/mol. The van der Waals surface area contributed by atoms with Gasteiger partial charge in [0.1, 0.15) is 11.6 Å². The lowest BCUT2D eigenvalue weighted by Crippen LogP contribution is -2.37. The summed E-state index contributed by atoms with van der Waals surface area (Å²) < 4.78 is 18.6. The van der Waals surface area contributed by atoms with E-state index in [9.17, 15) is 9.50 Å². The number of hydrogen-bond acceptors (Lipinski definition) is 9. The standard InChI is InChI=1S/C20H20FN7O2.ClH/c21-15-3-5-16(6-4-15)23-18-24-19(26-20(25-18)28-9-11-30-12-10-28)27-22-13-14-1-7-17(29)8-2-14;/h1-8,13,29H,9-12H2,(H2,23,24,25,26,27);1H. The zero-order valence-electron chi connectivity index (χ0n) is 16.4. The van der Waals surface area contributed by atoms with Crippen LogP contribution in [0.4, 0.5) is 27.9 Å². The van der Waals surface area contributed by atoms with Crippen molar-refractivity contribution >= 4 is 42.2 Å². The molecule has 0 atom stereocenters. The number of rotatable bonds is 6.